The van der Waals surface area contributed by atoms with E-state index in [0.29, 0.717) is 16.9 Å². The summed E-state index contributed by atoms with van der Waals surface area (Å²) in [6.07, 6.45) is 0. The van der Waals surface area contributed by atoms with Crippen LogP contribution in [-0.2, 0) is 0 Å². The maximum atomic E-state index is 13.7. The van der Waals surface area contributed by atoms with Gasteiger partial charge in [-0.2, -0.15) is 5.10 Å². The summed E-state index contributed by atoms with van der Waals surface area (Å²) in [5.41, 5.74) is 3.45. The summed E-state index contributed by atoms with van der Waals surface area (Å²) < 4.78 is 2.53. The lowest BCUT2D eigenvalue weighted by molar-refractivity contribution is 0.0995. The van der Waals surface area contributed by atoms with Crippen molar-refractivity contribution in [2.75, 3.05) is 5.32 Å². The lowest BCUT2D eigenvalue weighted by atomic mass is 9.99. The first kappa shape index (κ1) is 22.5. The van der Waals surface area contributed by atoms with Gasteiger partial charge in [0.1, 0.15) is 5.69 Å². The molecule has 5 nitrogen and oxygen atoms in total. The highest BCUT2D eigenvalue weighted by atomic mass is 79.9. The molecule has 0 fully saturated rings. The van der Waals surface area contributed by atoms with Crippen LogP contribution in [0.4, 0.5) is 5.69 Å². The monoisotopic (exact) mass is 521 g/mol. The molecule has 1 N–H and O–H groups in total. The average Bonchev–Trinajstić information content (AvgIpc) is 3.31. The minimum atomic E-state index is -0.405. The number of rotatable bonds is 6. The molecule has 0 saturated heterocycles. The number of amides is 1. The second-order valence-electron chi connectivity index (χ2n) is 7.84. The molecule has 170 valence electrons. The lowest BCUT2D eigenvalue weighted by Gasteiger charge is -2.11. The summed E-state index contributed by atoms with van der Waals surface area (Å²) in [7, 11) is 0. The molecular formula is C29H20BrN3O2. The number of benzene rings is 4. The fraction of sp³-hybridized carbons (Fsp3) is 0. The van der Waals surface area contributed by atoms with Crippen molar-refractivity contribution < 1.29 is 9.59 Å². The van der Waals surface area contributed by atoms with E-state index >= 15 is 0 Å². The summed E-state index contributed by atoms with van der Waals surface area (Å²) >= 11 is 3.41. The van der Waals surface area contributed by atoms with Gasteiger partial charge in [-0.15, -0.1) is 0 Å². The van der Waals surface area contributed by atoms with Crippen LogP contribution < -0.4 is 5.32 Å². The van der Waals surface area contributed by atoms with Gasteiger partial charge in [-0.3, -0.25) is 9.59 Å². The normalized spacial score (nSPS) is 10.7. The Morgan fingerprint density at radius 2 is 1.29 bits per heavy atom. The van der Waals surface area contributed by atoms with Gasteiger partial charge in [0.15, 0.2) is 0 Å². The zero-order valence-corrected chi connectivity index (χ0v) is 20.1. The van der Waals surface area contributed by atoms with Crippen molar-refractivity contribution >= 4 is 33.3 Å². The number of para-hydroxylation sites is 2. The molecule has 0 saturated carbocycles. The Hall–Kier alpha value is -4.29. The van der Waals surface area contributed by atoms with Crippen molar-refractivity contribution in [2.45, 2.75) is 0 Å². The summed E-state index contributed by atoms with van der Waals surface area (Å²) in [6.45, 7) is 0. The van der Waals surface area contributed by atoms with E-state index in [2.05, 4.69) is 21.2 Å². The number of carbonyl (C=O) groups is 2. The smallest absolute Gasteiger partial charge is 0.260 e. The predicted octanol–water partition coefficient (Wildman–Crippen LogP) is 6.79. The van der Waals surface area contributed by atoms with E-state index in [1.807, 2.05) is 78.9 Å². The summed E-state index contributed by atoms with van der Waals surface area (Å²) in [5.74, 6) is -0.736. The molecule has 0 atom stereocenters. The van der Waals surface area contributed by atoms with Crippen LogP contribution in [0.5, 0.6) is 0 Å². The third kappa shape index (κ3) is 4.69. The van der Waals surface area contributed by atoms with Gasteiger partial charge in [0.25, 0.3) is 5.91 Å². The Balaban J connectivity index is 1.75. The van der Waals surface area contributed by atoms with Gasteiger partial charge in [-0.05, 0) is 48.5 Å². The predicted molar refractivity (Wildman–Crippen MR) is 141 cm³/mol. The second-order valence-corrected chi connectivity index (χ2v) is 8.76. The fourth-order valence-electron chi connectivity index (χ4n) is 3.86. The highest BCUT2D eigenvalue weighted by molar-refractivity contribution is 9.10. The summed E-state index contributed by atoms with van der Waals surface area (Å²) in [4.78, 5) is 27.4. The number of hydrogen-bond donors (Lipinski definition) is 1. The molecule has 5 rings (SSSR count). The molecule has 0 aliphatic rings. The molecule has 4 aromatic carbocycles. The van der Waals surface area contributed by atoms with Crippen LogP contribution in [-0.4, -0.2) is 21.5 Å². The van der Waals surface area contributed by atoms with Crippen molar-refractivity contribution in [3.63, 3.8) is 0 Å². The first-order valence-electron chi connectivity index (χ1n) is 11.0. The number of carbonyl (C=O) groups excluding carboxylic acids is 2. The topological polar surface area (TPSA) is 64.0 Å². The molecule has 0 unspecified atom stereocenters. The SMILES string of the molecule is O=C(c1ccc(Br)cc1)c1nn(-c2ccccc2)c(-c2ccccc2)c1C(=O)Nc1ccccc1. The van der Waals surface area contributed by atoms with Crippen molar-refractivity contribution in [1.82, 2.24) is 9.78 Å². The Morgan fingerprint density at radius 3 is 1.91 bits per heavy atom. The summed E-state index contributed by atoms with van der Waals surface area (Å²) in [5, 5.41) is 7.65. The largest absolute Gasteiger partial charge is 0.322 e. The highest BCUT2D eigenvalue weighted by Gasteiger charge is 2.30. The fourth-order valence-corrected chi connectivity index (χ4v) is 4.13. The first-order chi connectivity index (χ1) is 17.1. The number of ketones is 1. The minimum absolute atomic E-state index is 0.0865. The van der Waals surface area contributed by atoms with E-state index in [-0.39, 0.29) is 17.0 Å². The van der Waals surface area contributed by atoms with Crippen LogP contribution in [0, 0.1) is 0 Å². The third-order valence-corrected chi connectivity index (χ3v) is 6.04. The number of halogens is 1. The molecule has 0 bridgehead atoms. The molecule has 0 spiro atoms. The maximum absolute atomic E-state index is 13.7. The van der Waals surface area contributed by atoms with E-state index in [1.54, 1.807) is 41.1 Å². The van der Waals surface area contributed by atoms with Gasteiger partial charge in [0.05, 0.1) is 16.9 Å². The molecule has 0 aliphatic carbocycles. The number of aromatic nitrogens is 2. The van der Waals surface area contributed by atoms with Crippen molar-refractivity contribution in [2.24, 2.45) is 0 Å². The quantitative estimate of drug-likeness (QED) is 0.250. The van der Waals surface area contributed by atoms with Gasteiger partial charge in [-0.25, -0.2) is 4.68 Å². The number of hydrogen-bond acceptors (Lipinski definition) is 3. The van der Waals surface area contributed by atoms with Crippen LogP contribution in [0.25, 0.3) is 16.9 Å². The molecule has 1 amide bonds. The molecular weight excluding hydrogens is 502 g/mol. The van der Waals surface area contributed by atoms with Crippen molar-refractivity contribution in [3.8, 4) is 16.9 Å². The lowest BCUT2D eigenvalue weighted by Crippen LogP contribution is -2.17. The molecule has 1 aromatic heterocycles. The molecule has 0 aliphatic heterocycles. The maximum Gasteiger partial charge on any atom is 0.260 e. The van der Waals surface area contributed by atoms with Crippen LogP contribution in [0.1, 0.15) is 26.4 Å². The molecule has 5 aromatic rings. The van der Waals surface area contributed by atoms with Gasteiger partial charge >= 0.3 is 0 Å². The standard InChI is InChI=1S/C29H20BrN3O2/c30-22-18-16-21(17-19-22)28(34)26-25(29(35)31-23-12-6-2-7-13-23)27(20-10-4-1-5-11-20)33(32-26)24-14-8-3-9-15-24/h1-19H,(H,31,35). The van der Waals surface area contributed by atoms with Crippen molar-refractivity contribution in [1.29, 1.82) is 0 Å². The van der Waals surface area contributed by atoms with E-state index in [9.17, 15) is 9.59 Å². The van der Waals surface area contributed by atoms with Gasteiger partial charge in [-0.1, -0.05) is 82.7 Å². The highest BCUT2D eigenvalue weighted by Crippen LogP contribution is 2.31. The van der Waals surface area contributed by atoms with Crippen LogP contribution in [0.3, 0.4) is 0 Å². The van der Waals surface area contributed by atoms with E-state index < -0.39 is 5.91 Å². The second kappa shape index (κ2) is 9.91. The Morgan fingerprint density at radius 1 is 0.714 bits per heavy atom. The van der Waals surface area contributed by atoms with E-state index in [1.165, 1.54) is 0 Å². The van der Waals surface area contributed by atoms with Gasteiger partial charge in [0, 0.05) is 21.3 Å². The first-order valence-corrected chi connectivity index (χ1v) is 11.8. The zero-order chi connectivity index (χ0) is 24.2. The van der Waals surface area contributed by atoms with Crippen LogP contribution >= 0.6 is 15.9 Å². The van der Waals surface area contributed by atoms with Gasteiger partial charge < -0.3 is 5.32 Å². The van der Waals surface area contributed by atoms with E-state index in [0.717, 1.165) is 15.7 Å². The minimum Gasteiger partial charge on any atom is -0.322 e. The summed E-state index contributed by atoms with van der Waals surface area (Å²) in [6, 6.07) is 35.2. The van der Waals surface area contributed by atoms with Crippen molar-refractivity contribution in [3.05, 3.63) is 137 Å². The van der Waals surface area contributed by atoms with Crippen LogP contribution in [0.2, 0.25) is 0 Å². The molecule has 1 heterocycles. The molecule has 35 heavy (non-hydrogen) atoms. The Kier molecular flexibility index (Phi) is 6.37. The van der Waals surface area contributed by atoms with E-state index in [4.69, 9.17) is 5.10 Å². The third-order valence-electron chi connectivity index (χ3n) is 5.51. The van der Waals surface area contributed by atoms with Crippen LogP contribution in [0.15, 0.2) is 120 Å². The zero-order valence-electron chi connectivity index (χ0n) is 18.6. The number of anilines is 1. The number of nitrogens with zero attached hydrogens (tertiary/aromatic N) is 2. The molecule has 6 heteroatoms. The number of nitrogens with one attached hydrogen (secondary N) is 1. The Labute approximate surface area is 211 Å². The van der Waals surface area contributed by atoms with Gasteiger partial charge in [0.2, 0.25) is 5.78 Å². The average molecular weight is 522 g/mol. The molecule has 0 radical (unpaired) electrons. The Bertz CT molecular complexity index is 1480.